The van der Waals surface area contributed by atoms with Crippen molar-refractivity contribution in [1.29, 1.82) is 0 Å². The van der Waals surface area contributed by atoms with Crippen molar-refractivity contribution in [3.05, 3.63) is 17.7 Å². The van der Waals surface area contributed by atoms with E-state index in [4.69, 9.17) is 15.2 Å². The van der Waals surface area contributed by atoms with Crippen molar-refractivity contribution < 1.29 is 14.6 Å². The molecule has 0 bridgehead atoms. The molecule has 26 heavy (non-hydrogen) atoms. The SMILES string of the molecule is CCCCCCOc1c(N)cc(CC2CN(CC)CCC2O)cc1OC. The van der Waals surface area contributed by atoms with Crippen molar-refractivity contribution in [3.63, 3.8) is 0 Å². The van der Waals surface area contributed by atoms with Crippen LogP contribution in [0.3, 0.4) is 0 Å². The van der Waals surface area contributed by atoms with Crippen LogP contribution in [0.2, 0.25) is 0 Å². The maximum atomic E-state index is 10.4. The average molecular weight is 365 g/mol. The van der Waals surface area contributed by atoms with Crippen LogP contribution in [0.25, 0.3) is 0 Å². The van der Waals surface area contributed by atoms with Crippen LogP contribution >= 0.6 is 0 Å². The highest BCUT2D eigenvalue weighted by Crippen LogP contribution is 2.36. The molecule has 1 aromatic rings. The van der Waals surface area contributed by atoms with Crippen LogP contribution in [-0.2, 0) is 6.42 Å². The third kappa shape index (κ3) is 5.78. The van der Waals surface area contributed by atoms with Crippen LogP contribution < -0.4 is 15.2 Å². The van der Waals surface area contributed by atoms with Crippen LogP contribution in [0, 0.1) is 5.92 Å². The minimum Gasteiger partial charge on any atom is -0.493 e. The predicted octanol–water partition coefficient (Wildman–Crippen LogP) is 3.48. The standard InChI is InChI=1S/C21H36N2O3/c1-4-6-7-8-11-26-21-18(22)13-16(14-20(21)25-3)12-17-15-23(5-2)10-9-19(17)24/h13-14,17,19,24H,4-12,15,22H2,1-3H3. The number of unbranched alkanes of at least 4 members (excludes halogenated alkanes) is 3. The summed E-state index contributed by atoms with van der Waals surface area (Å²) in [5.41, 5.74) is 7.97. The van der Waals surface area contributed by atoms with E-state index in [0.717, 1.165) is 44.5 Å². The second-order valence-electron chi connectivity index (χ2n) is 7.34. The van der Waals surface area contributed by atoms with Gasteiger partial charge in [0.2, 0.25) is 0 Å². The average Bonchev–Trinajstić information content (AvgIpc) is 2.64. The van der Waals surface area contributed by atoms with Crippen LogP contribution in [0.5, 0.6) is 11.5 Å². The summed E-state index contributed by atoms with van der Waals surface area (Å²) >= 11 is 0. The Labute approximate surface area is 158 Å². The molecule has 0 radical (unpaired) electrons. The van der Waals surface area contributed by atoms with Gasteiger partial charge in [0, 0.05) is 19.0 Å². The van der Waals surface area contributed by atoms with Crippen LogP contribution in [0.1, 0.15) is 51.5 Å². The first-order chi connectivity index (χ1) is 12.6. The smallest absolute Gasteiger partial charge is 0.184 e. The molecule has 1 heterocycles. The second-order valence-corrected chi connectivity index (χ2v) is 7.34. The summed E-state index contributed by atoms with van der Waals surface area (Å²) in [5.74, 6) is 1.56. The molecule has 1 aliphatic rings. The number of nitrogen functional groups attached to an aromatic ring is 1. The molecule has 0 amide bonds. The Bertz CT molecular complexity index is 550. The van der Waals surface area contributed by atoms with Gasteiger partial charge in [-0.05, 0) is 43.5 Å². The molecule has 0 aliphatic carbocycles. The first-order valence-corrected chi connectivity index (χ1v) is 10.1. The lowest BCUT2D eigenvalue weighted by atomic mass is 9.88. The van der Waals surface area contributed by atoms with E-state index in [0.29, 0.717) is 23.8 Å². The van der Waals surface area contributed by atoms with Crippen LogP contribution in [0.4, 0.5) is 5.69 Å². The second kappa shape index (κ2) is 10.6. The van der Waals surface area contributed by atoms with E-state index in [2.05, 4.69) is 18.7 Å². The summed E-state index contributed by atoms with van der Waals surface area (Å²) in [6.45, 7) is 7.96. The quantitative estimate of drug-likeness (QED) is 0.491. The number of methoxy groups -OCH3 is 1. The Morgan fingerprint density at radius 2 is 2.04 bits per heavy atom. The highest BCUT2D eigenvalue weighted by molar-refractivity contribution is 5.62. The monoisotopic (exact) mass is 364 g/mol. The molecule has 0 aromatic heterocycles. The van der Waals surface area contributed by atoms with Gasteiger partial charge >= 0.3 is 0 Å². The van der Waals surface area contributed by atoms with Gasteiger partial charge in [-0.25, -0.2) is 0 Å². The zero-order valence-electron chi connectivity index (χ0n) is 16.7. The maximum absolute atomic E-state index is 10.4. The number of ether oxygens (including phenoxy) is 2. The van der Waals surface area contributed by atoms with E-state index < -0.39 is 0 Å². The lowest BCUT2D eigenvalue weighted by Gasteiger charge is -2.35. The van der Waals surface area contributed by atoms with E-state index in [-0.39, 0.29) is 12.0 Å². The minimum atomic E-state index is -0.250. The van der Waals surface area contributed by atoms with E-state index in [9.17, 15) is 5.11 Å². The van der Waals surface area contributed by atoms with Crippen molar-refractivity contribution in [2.24, 2.45) is 5.92 Å². The number of aliphatic hydroxyl groups is 1. The number of hydrogen-bond acceptors (Lipinski definition) is 5. The van der Waals surface area contributed by atoms with Crippen LogP contribution in [-0.4, -0.2) is 49.5 Å². The molecule has 2 atom stereocenters. The highest BCUT2D eigenvalue weighted by atomic mass is 16.5. The summed E-state index contributed by atoms with van der Waals surface area (Å²) in [7, 11) is 1.65. The number of benzene rings is 1. The molecule has 1 fully saturated rings. The highest BCUT2D eigenvalue weighted by Gasteiger charge is 2.27. The normalized spacial score (nSPS) is 20.9. The van der Waals surface area contributed by atoms with E-state index in [1.807, 2.05) is 12.1 Å². The van der Waals surface area contributed by atoms with Crippen molar-refractivity contribution in [1.82, 2.24) is 4.90 Å². The van der Waals surface area contributed by atoms with Gasteiger partial charge in [-0.3, -0.25) is 0 Å². The Kier molecular flexibility index (Phi) is 8.52. The maximum Gasteiger partial charge on any atom is 0.184 e. The van der Waals surface area contributed by atoms with E-state index in [1.54, 1.807) is 7.11 Å². The number of nitrogens with zero attached hydrogens (tertiary/aromatic N) is 1. The van der Waals surface area contributed by atoms with Gasteiger partial charge in [0.25, 0.3) is 0 Å². The van der Waals surface area contributed by atoms with Crippen molar-refractivity contribution in [2.45, 2.75) is 58.5 Å². The fraction of sp³-hybridized carbons (Fsp3) is 0.714. The van der Waals surface area contributed by atoms with E-state index in [1.165, 1.54) is 19.3 Å². The van der Waals surface area contributed by atoms with Gasteiger partial charge in [0.1, 0.15) is 0 Å². The summed E-state index contributed by atoms with van der Waals surface area (Å²) in [5, 5.41) is 10.4. The van der Waals surface area contributed by atoms with Crippen molar-refractivity contribution in [3.8, 4) is 11.5 Å². The number of rotatable bonds is 10. The summed E-state index contributed by atoms with van der Waals surface area (Å²) in [6, 6.07) is 3.98. The molecule has 3 N–H and O–H groups in total. The molecular weight excluding hydrogens is 328 g/mol. The molecule has 148 valence electrons. The molecule has 2 unspecified atom stereocenters. The Balaban J connectivity index is 2.02. The molecule has 0 saturated carbocycles. The molecule has 0 spiro atoms. The van der Waals surface area contributed by atoms with Gasteiger partial charge in [0.05, 0.1) is 25.5 Å². The van der Waals surface area contributed by atoms with E-state index >= 15 is 0 Å². The van der Waals surface area contributed by atoms with Crippen molar-refractivity contribution in [2.75, 3.05) is 39.1 Å². The summed E-state index contributed by atoms with van der Waals surface area (Å²) < 4.78 is 11.4. The number of nitrogens with two attached hydrogens (primary N) is 1. The zero-order valence-corrected chi connectivity index (χ0v) is 16.7. The van der Waals surface area contributed by atoms with Gasteiger partial charge < -0.3 is 25.2 Å². The number of aliphatic hydroxyl groups excluding tert-OH is 1. The van der Waals surface area contributed by atoms with Crippen LogP contribution in [0.15, 0.2) is 12.1 Å². The van der Waals surface area contributed by atoms with Gasteiger partial charge in [-0.2, -0.15) is 0 Å². The number of hydrogen-bond donors (Lipinski definition) is 2. The third-order valence-electron chi connectivity index (χ3n) is 5.33. The summed E-state index contributed by atoms with van der Waals surface area (Å²) in [6.07, 6.45) is 6.03. The Morgan fingerprint density at radius 3 is 2.73 bits per heavy atom. The van der Waals surface area contributed by atoms with Gasteiger partial charge in [-0.15, -0.1) is 0 Å². The Hall–Kier alpha value is -1.46. The predicted molar refractivity (Wildman–Crippen MR) is 107 cm³/mol. The lowest BCUT2D eigenvalue weighted by Crippen LogP contribution is -2.43. The fourth-order valence-corrected chi connectivity index (χ4v) is 3.70. The largest absolute Gasteiger partial charge is 0.493 e. The number of piperidine rings is 1. The van der Waals surface area contributed by atoms with Gasteiger partial charge in [0.15, 0.2) is 11.5 Å². The topological polar surface area (TPSA) is 68.0 Å². The molecular formula is C21H36N2O3. The first kappa shape index (κ1) is 20.8. The number of likely N-dealkylation sites (tertiary alicyclic amines) is 1. The fourth-order valence-electron chi connectivity index (χ4n) is 3.70. The molecule has 5 nitrogen and oxygen atoms in total. The van der Waals surface area contributed by atoms with Crippen molar-refractivity contribution >= 4 is 5.69 Å². The molecule has 1 aromatic carbocycles. The molecule has 5 heteroatoms. The first-order valence-electron chi connectivity index (χ1n) is 10.1. The number of anilines is 1. The zero-order chi connectivity index (χ0) is 18.9. The van der Waals surface area contributed by atoms with Gasteiger partial charge in [-0.1, -0.05) is 33.1 Å². The minimum absolute atomic E-state index is 0.230. The third-order valence-corrected chi connectivity index (χ3v) is 5.33. The lowest BCUT2D eigenvalue weighted by molar-refractivity contribution is 0.0290. The molecule has 2 rings (SSSR count). The summed E-state index contributed by atoms with van der Waals surface area (Å²) in [4.78, 5) is 2.39. The molecule has 1 saturated heterocycles. The Morgan fingerprint density at radius 1 is 1.23 bits per heavy atom. The molecule has 1 aliphatic heterocycles.